The van der Waals surface area contributed by atoms with Crippen LogP contribution in [0.5, 0.6) is 0 Å². The third-order valence-corrected chi connectivity index (χ3v) is 4.56. The van der Waals surface area contributed by atoms with E-state index in [0.29, 0.717) is 12.8 Å². The van der Waals surface area contributed by atoms with Crippen LogP contribution in [-0.2, 0) is 10.8 Å². The Morgan fingerprint density at radius 2 is 2.10 bits per heavy atom. The van der Waals surface area contributed by atoms with Crippen molar-refractivity contribution in [1.82, 2.24) is 5.32 Å². The molecule has 0 bridgehead atoms. The first-order valence-corrected chi connectivity index (χ1v) is 8.36. The Morgan fingerprint density at radius 3 is 2.67 bits per heavy atom. The standard InChI is InChI=1S/C14H19FN2O3S/c1-21(20)12-5-4-10(8-11(12)15)17-13(18)16-9-14(19)6-2-3-7-14/h4-5,8,19H,2-3,6-7,9H2,1H3,(H2,16,17,18). The van der Waals surface area contributed by atoms with Crippen LogP contribution in [0.1, 0.15) is 25.7 Å². The number of carbonyl (C=O) groups is 1. The largest absolute Gasteiger partial charge is 0.388 e. The lowest BCUT2D eigenvalue weighted by Crippen LogP contribution is -2.42. The Morgan fingerprint density at radius 1 is 1.43 bits per heavy atom. The van der Waals surface area contributed by atoms with Crippen LogP contribution in [0.4, 0.5) is 14.9 Å². The molecule has 1 saturated carbocycles. The molecule has 3 N–H and O–H groups in total. The summed E-state index contributed by atoms with van der Waals surface area (Å²) in [6.45, 7) is 0.179. The molecule has 1 atom stereocenters. The van der Waals surface area contributed by atoms with Crippen molar-refractivity contribution in [3.8, 4) is 0 Å². The number of carbonyl (C=O) groups excluding carboxylic acids is 1. The number of halogens is 1. The summed E-state index contributed by atoms with van der Waals surface area (Å²) in [6.07, 6.45) is 4.67. The van der Waals surface area contributed by atoms with Gasteiger partial charge < -0.3 is 15.7 Å². The van der Waals surface area contributed by atoms with E-state index in [1.807, 2.05) is 0 Å². The van der Waals surface area contributed by atoms with Crippen LogP contribution >= 0.6 is 0 Å². The molecule has 1 aromatic rings. The number of aliphatic hydroxyl groups is 1. The van der Waals surface area contributed by atoms with Gasteiger partial charge in [0.1, 0.15) is 5.82 Å². The van der Waals surface area contributed by atoms with Crippen LogP contribution < -0.4 is 10.6 Å². The molecule has 0 aromatic heterocycles. The molecule has 1 unspecified atom stereocenters. The molecule has 0 radical (unpaired) electrons. The van der Waals surface area contributed by atoms with Crippen molar-refractivity contribution >= 4 is 22.5 Å². The first kappa shape index (κ1) is 15.9. The maximum atomic E-state index is 13.6. The number of benzene rings is 1. The Hall–Kier alpha value is -1.47. The minimum Gasteiger partial charge on any atom is -0.388 e. The van der Waals surface area contributed by atoms with E-state index in [0.717, 1.165) is 18.9 Å². The van der Waals surface area contributed by atoms with Crippen molar-refractivity contribution in [2.75, 3.05) is 18.1 Å². The van der Waals surface area contributed by atoms with Crippen molar-refractivity contribution in [2.45, 2.75) is 36.2 Å². The number of hydrogen-bond acceptors (Lipinski definition) is 3. The molecule has 116 valence electrons. The highest BCUT2D eigenvalue weighted by molar-refractivity contribution is 7.84. The molecule has 7 heteroatoms. The predicted molar refractivity (Wildman–Crippen MR) is 79.2 cm³/mol. The third kappa shape index (κ3) is 4.25. The molecule has 0 heterocycles. The first-order chi connectivity index (χ1) is 9.89. The lowest BCUT2D eigenvalue weighted by atomic mass is 10.0. The predicted octanol–water partition coefficient (Wildman–Crippen LogP) is 1.99. The minimum atomic E-state index is -1.41. The van der Waals surface area contributed by atoms with Gasteiger partial charge in [-0.1, -0.05) is 12.8 Å². The number of nitrogens with one attached hydrogen (secondary N) is 2. The normalized spacial score (nSPS) is 18.2. The van der Waals surface area contributed by atoms with Crippen molar-refractivity contribution in [2.24, 2.45) is 0 Å². The van der Waals surface area contributed by atoms with E-state index in [2.05, 4.69) is 10.6 Å². The van der Waals surface area contributed by atoms with Gasteiger partial charge in [0.05, 0.1) is 21.3 Å². The summed E-state index contributed by atoms with van der Waals surface area (Å²) in [5, 5.41) is 15.2. The smallest absolute Gasteiger partial charge is 0.319 e. The summed E-state index contributed by atoms with van der Waals surface area (Å²) in [6, 6.07) is 3.50. The number of anilines is 1. The summed E-state index contributed by atoms with van der Waals surface area (Å²) < 4.78 is 24.9. The van der Waals surface area contributed by atoms with Crippen LogP contribution in [0.25, 0.3) is 0 Å². The molecule has 2 amide bonds. The molecular formula is C14H19FN2O3S. The highest BCUT2D eigenvalue weighted by Gasteiger charge is 2.31. The van der Waals surface area contributed by atoms with Crippen LogP contribution in [0.2, 0.25) is 0 Å². The average molecular weight is 314 g/mol. The van der Waals surface area contributed by atoms with Gasteiger partial charge in [0.15, 0.2) is 0 Å². The molecule has 1 aliphatic rings. The monoisotopic (exact) mass is 314 g/mol. The number of amides is 2. The highest BCUT2D eigenvalue weighted by Crippen LogP contribution is 2.28. The van der Waals surface area contributed by atoms with Gasteiger partial charge in [-0.05, 0) is 31.0 Å². The maximum Gasteiger partial charge on any atom is 0.319 e. The number of hydrogen-bond donors (Lipinski definition) is 3. The van der Waals surface area contributed by atoms with Gasteiger partial charge in [0.2, 0.25) is 0 Å². The van der Waals surface area contributed by atoms with Crippen molar-refractivity contribution < 1.29 is 18.5 Å². The quantitative estimate of drug-likeness (QED) is 0.795. The molecule has 0 saturated heterocycles. The molecule has 1 aromatic carbocycles. The van der Waals surface area contributed by atoms with E-state index >= 15 is 0 Å². The Balaban J connectivity index is 1.90. The summed E-state index contributed by atoms with van der Waals surface area (Å²) >= 11 is 0. The molecule has 1 fully saturated rings. The molecule has 5 nitrogen and oxygen atoms in total. The molecule has 1 aliphatic carbocycles. The molecule has 0 spiro atoms. The Labute approximate surface area is 125 Å². The van der Waals surface area contributed by atoms with E-state index < -0.39 is 28.2 Å². The summed E-state index contributed by atoms with van der Waals surface area (Å²) in [5.41, 5.74) is -0.552. The fraction of sp³-hybridized carbons (Fsp3) is 0.500. The van der Waals surface area contributed by atoms with E-state index in [1.165, 1.54) is 18.4 Å². The fourth-order valence-corrected chi connectivity index (χ4v) is 3.03. The fourth-order valence-electron chi connectivity index (χ4n) is 2.44. The lowest BCUT2D eigenvalue weighted by molar-refractivity contribution is 0.0506. The topological polar surface area (TPSA) is 78.4 Å². The second kappa shape index (κ2) is 6.53. The van der Waals surface area contributed by atoms with E-state index in [-0.39, 0.29) is 17.1 Å². The van der Waals surface area contributed by atoms with Crippen LogP contribution in [0, 0.1) is 5.82 Å². The second-order valence-electron chi connectivity index (χ2n) is 5.34. The second-order valence-corrected chi connectivity index (χ2v) is 6.69. The van der Waals surface area contributed by atoms with Crippen LogP contribution in [-0.4, -0.2) is 33.7 Å². The van der Waals surface area contributed by atoms with Gasteiger partial charge in [0, 0.05) is 18.5 Å². The SMILES string of the molecule is CS(=O)c1ccc(NC(=O)NCC2(O)CCCC2)cc1F. The lowest BCUT2D eigenvalue weighted by Gasteiger charge is -2.22. The van der Waals surface area contributed by atoms with Crippen molar-refractivity contribution in [3.63, 3.8) is 0 Å². The Bertz CT molecular complexity index is 559. The summed E-state index contributed by atoms with van der Waals surface area (Å²) in [5.74, 6) is -0.622. The number of urea groups is 1. The summed E-state index contributed by atoms with van der Waals surface area (Å²) in [4.78, 5) is 11.8. The van der Waals surface area contributed by atoms with Gasteiger partial charge in [-0.25, -0.2) is 9.18 Å². The van der Waals surface area contributed by atoms with Crippen LogP contribution in [0.15, 0.2) is 23.1 Å². The molecule has 2 rings (SSSR count). The van der Waals surface area contributed by atoms with Gasteiger partial charge in [-0.3, -0.25) is 4.21 Å². The molecule has 21 heavy (non-hydrogen) atoms. The molecular weight excluding hydrogens is 295 g/mol. The highest BCUT2D eigenvalue weighted by atomic mass is 32.2. The van der Waals surface area contributed by atoms with Gasteiger partial charge in [0.25, 0.3) is 0 Å². The first-order valence-electron chi connectivity index (χ1n) is 6.80. The van der Waals surface area contributed by atoms with E-state index in [4.69, 9.17) is 0 Å². The third-order valence-electron chi connectivity index (χ3n) is 3.61. The van der Waals surface area contributed by atoms with Crippen molar-refractivity contribution in [1.29, 1.82) is 0 Å². The zero-order valence-electron chi connectivity index (χ0n) is 11.8. The Kier molecular flexibility index (Phi) is 4.95. The maximum absolute atomic E-state index is 13.6. The number of rotatable bonds is 4. The zero-order chi connectivity index (χ0) is 15.5. The van der Waals surface area contributed by atoms with Crippen LogP contribution in [0.3, 0.4) is 0 Å². The van der Waals surface area contributed by atoms with Gasteiger partial charge >= 0.3 is 6.03 Å². The zero-order valence-corrected chi connectivity index (χ0v) is 12.6. The minimum absolute atomic E-state index is 0.0984. The van der Waals surface area contributed by atoms with Gasteiger partial charge in [-0.2, -0.15) is 0 Å². The summed E-state index contributed by atoms with van der Waals surface area (Å²) in [7, 11) is -1.41. The average Bonchev–Trinajstić information content (AvgIpc) is 2.84. The van der Waals surface area contributed by atoms with Gasteiger partial charge in [-0.15, -0.1) is 0 Å². The van der Waals surface area contributed by atoms with E-state index in [1.54, 1.807) is 0 Å². The van der Waals surface area contributed by atoms with Crippen molar-refractivity contribution in [3.05, 3.63) is 24.0 Å². The molecule has 0 aliphatic heterocycles. The van der Waals surface area contributed by atoms with E-state index in [9.17, 15) is 18.5 Å².